The van der Waals surface area contributed by atoms with Crippen molar-refractivity contribution >= 4 is 33.5 Å². The summed E-state index contributed by atoms with van der Waals surface area (Å²) in [5.41, 5.74) is -5.54. The van der Waals surface area contributed by atoms with Crippen molar-refractivity contribution in [1.29, 1.82) is 0 Å². The topological polar surface area (TPSA) is 17.1 Å². The first-order chi connectivity index (χ1) is 8.63. The smallest absolute Gasteiger partial charge is 0.298 e. The molecule has 0 heterocycles. The Bertz CT molecular complexity index is 475. The zero-order valence-electron chi connectivity index (χ0n) is 9.47. The Hall–Kier alpha value is -0.630. The summed E-state index contributed by atoms with van der Waals surface area (Å²) in [5.74, 6) is -0.463. The molecule has 1 rings (SSSR count). The highest BCUT2D eigenvalue weighted by atomic mass is 79.9. The zero-order chi connectivity index (χ0) is 14.8. The summed E-state index contributed by atoms with van der Waals surface area (Å²) in [6.45, 7) is 1.16. The van der Waals surface area contributed by atoms with Crippen LogP contribution in [0, 0.1) is 0 Å². The third-order valence-electron chi connectivity index (χ3n) is 2.16. The van der Waals surface area contributed by atoms with Crippen LogP contribution in [-0.4, -0.2) is 11.3 Å². The van der Waals surface area contributed by atoms with Crippen molar-refractivity contribution in [1.82, 2.24) is 0 Å². The Labute approximate surface area is 118 Å². The monoisotopic (exact) mass is 362 g/mol. The van der Waals surface area contributed by atoms with E-state index in [1.54, 1.807) is 0 Å². The minimum Gasteiger partial charge on any atom is -0.298 e. The summed E-state index contributed by atoms with van der Waals surface area (Å²) in [6.07, 6.45) is -3.04. The first-order valence-electron chi connectivity index (χ1n) is 4.94. The van der Waals surface area contributed by atoms with Gasteiger partial charge in [0.25, 0.3) is 6.43 Å². The highest BCUT2D eigenvalue weighted by Gasteiger charge is 2.34. The van der Waals surface area contributed by atoms with E-state index in [1.807, 2.05) is 0 Å². The quantitative estimate of drug-likeness (QED) is 0.412. The van der Waals surface area contributed by atoms with Gasteiger partial charge < -0.3 is 0 Å². The molecule has 0 amide bonds. The van der Waals surface area contributed by atoms with Crippen LogP contribution >= 0.6 is 27.7 Å². The molecular formula is C11H8BrF5OS. The van der Waals surface area contributed by atoms with Crippen molar-refractivity contribution in [2.24, 2.45) is 0 Å². The first kappa shape index (κ1) is 16.4. The lowest BCUT2D eigenvalue weighted by Crippen LogP contribution is -2.08. The molecule has 0 aliphatic rings. The van der Waals surface area contributed by atoms with E-state index in [9.17, 15) is 26.7 Å². The van der Waals surface area contributed by atoms with Gasteiger partial charge in [0.2, 0.25) is 0 Å². The zero-order valence-corrected chi connectivity index (χ0v) is 11.9. The van der Waals surface area contributed by atoms with Crippen molar-refractivity contribution in [3.8, 4) is 0 Å². The second kappa shape index (κ2) is 6.21. The molecule has 0 N–H and O–H groups in total. The fourth-order valence-corrected chi connectivity index (χ4v) is 2.74. The lowest BCUT2D eigenvalue weighted by molar-refractivity contribution is -0.116. The third kappa shape index (κ3) is 4.45. The van der Waals surface area contributed by atoms with E-state index < -0.39 is 44.8 Å². The molecule has 1 aromatic rings. The fraction of sp³-hybridized carbons (Fsp3) is 0.364. The summed E-state index contributed by atoms with van der Waals surface area (Å²) in [5, 5.41) is 0. The van der Waals surface area contributed by atoms with Gasteiger partial charge in [-0.1, -0.05) is 34.1 Å². The van der Waals surface area contributed by atoms with Gasteiger partial charge >= 0.3 is 5.51 Å². The molecule has 0 radical (unpaired) electrons. The van der Waals surface area contributed by atoms with Crippen LogP contribution in [0.4, 0.5) is 22.0 Å². The van der Waals surface area contributed by atoms with Gasteiger partial charge in [0, 0.05) is 10.5 Å². The van der Waals surface area contributed by atoms with Gasteiger partial charge in [-0.05, 0) is 24.2 Å². The van der Waals surface area contributed by atoms with Gasteiger partial charge in [0.15, 0.2) is 0 Å². The minimum atomic E-state index is -4.71. The Morgan fingerprint density at radius 1 is 1.26 bits per heavy atom. The molecule has 0 saturated heterocycles. The van der Waals surface area contributed by atoms with Crippen LogP contribution in [-0.2, 0) is 4.79 Å². The maximum atomic E-state index is 12.8. The maximum absolute atomic E-state index is 12.8. The lowest BCUT2D eigenvalue weighted by Gasteiger charge is -2.17. The average molecular weight is 363 g/mol. The number of hydrogen-bond acceptors (Lipinski definition) is 2. The van der Waals surface area contributed by atoms with Gasteiger partial charge in [-0.15, -0.1) is 0 Å². The number of alkyl halides is 6. The van der Waals surface area contributed by atoms with Gasteiger partial charge in [-0.25, -0.2) is 8.78 Å². The SMILES string of the molecule is CC(=O)C(Br)c1cccc(C(F)F)c1SC(F)(F)F. The Morgan fingerprint density at radius 2 is 1.79 bits per heavy atom. The minimum absolute atomic E-state index is 0.104. The van der Waals surface area contributed by atoms with E-state index in [1.165, 1.54) is 12.1 Å². The van der Waals surface area contributed by atoms with Crippen LogP contribution < -0.4 is 0 Å². The number of hydrogen-bond donors (Lipinski definition) is 0. The van der Waals surface area contributed by atoms with E-state index in [0.717, 1.165) is 13.0 Å². The van der Waals surface area contributed by atoms with Crippen LogP contribution in [0.15, 0.2) is 23.1 Å². The normalized spacial score (nSPS) is 13.7. The second-order valence-electron chi connectivity index (χ2n) is 3.59. The Kier molecular flexibility index (Phi) is 5.37. The second-order valence-corrected chi connectivity index (χ2v) is 5.58. The van der Waals surface area contributed by atoms with Crippen LogP contribution in [0.5, 0.6) is 0 Å². The van der Waals surface area contributed by atoms with E-state index >= 15 is 0 Å². The summed E-state index contributed by atoms with van der Waals surface area (Å²) in [6, 6.07) is 3.34. The number of carbonyl (C=O) groups is 1. The van der Waals surface area contributed by atoms with E-state index in [0.29, 0.717) is 0 Å². The molecule has 106 valence electrons. The highest BCUT2D eigenvalue weighted by Crippen LogP contribution is 2.45. The molecule has 1 nitrogen and oxygen atoms in total. The van der Waals surface area contributed by atoms with Crippen LogP contribution in [0.1, 0.15) is 29.3 Å². The number of rotatable bonds is 4. The molecule has 1 aromatic carbocycles. The van der Waals surface area contributed by atoms with Gasteiger partial charge in [-0.3, -0.25) is 4.79 Å². The summed E-state index contributed by atoms with van der Waals surface area (Å²) in [7, 11) is 0. The molecule has 1 unspecified atom stereocenters. The molecule has 0 aromatic heterocycles. The number of thioether (sulfide) groups is 1. The van der Waals surface area contributed by atoms with Crippen molar-refractivity contribution in [2.45, 2.75) is 28.6 Å². The van der Waals surface area contributed by atoms with E-state index in [4.69, 9.17) is 0 Å². The number of Topliss-reactive ketones (excluding diaryl/α,β-unsaturated/α-hetero) is 1. The number of halogens is 6. The van der Waals surface area contributed by atoms with E-state index in [-0.39, 0.29) is 5.56 Å². The molecule has 8 heteroatoms. The summed E-state index contributed by atoms with van der Waals surface area (Å²) >= 11 is 2.28. The predicted octanol–water partition coefficient (Wildman–Crippen LogP) is 5.26. The molecule has 0 fully saturated rings. The number of benzene rings is 1. The van der Waals surface area contributed by atoms with Crippen molar-refractivity contribution < 1.29 is 26.7 Å². The van der Waals surface area contributed by atoms with Gasteiger partial charge in [0.1, 0.15) is 5.78 Å². The molecule has 0 saturated carbocycles. The molecule has 1 atom stereocenters. The molecule has 0 aliphatic carbocycles. The first-order valence-corrected chi connectivity index (χ1v) is 6.68. The molecule has 0 spiro atoms. The third-order valence-corrected chi connectivity index (χ3v) is 4.20. The lowest BCUT2D eigenvalue weighted by atomic mass is 10.1. The summed E-state index contributed by atoms with van der Waals surface area (Å²) < 4.78 is 62.9. The molecule has 0 bridgehead atoms. The van der Waals surface area contributed by atoms with Gasteiger partial charge in [0.05, 0.1) is 4.83 Å². The maximum Gasteiger partial charge on any atom is 0.446 e. The van der Waals surface area contributed by atoms with Gasteiger partial charge in [-0.2, -0.15) is 13.2 Å². The Morgan fingerprint density at radius 3 is 2.21 bits per heavy atom. The van der Waals surface area contributed by atoms with Crippen LogP contribution in [0.2, 0.25) is 0 Å². The summed E-state index contributed by atoms with van der Waals surface area (Å²) in [4.78, 5) is 9.55. The molecule has 0 aliphatic heterocycles. The van der Waals surface area contributed by atoms with Crippen LogP contribution in [0.25, 0.3) is 0 Å². The largest absolute Gasteiger partial charge is 0.446 e. The standard InChI is InChI=1S/C11H8BrF5OS/c1-5(18)8(12)6-3-2-4-7(10(13)14)9(6)19-11(15,16)17/h2-4,8,10H,1H3. The molecular weight excluding hydrogens is 355 g/mol. The van der Waals surface area contributed by atoms with E-state index in [2.05, 4.69) is 15.9 Å². The number of ketones is 1. The van der Waals surface area contributed by atoms with Crippen molar-refractivity contribution in [3.63, 3.8) is 0 Å². The molecule has 19 heavy (non-hydrogen) atoms. The van der Waals surface area contributed by atoms with Crippen LogP contribution in [0.3, 0.4) is 0 Å². The fourth-order valence-electron chi connectivity index (χ4n) is 1.40. The van der Waals surface area contributed by atoms with Crippen molar-refractivity contribution in [3.05, 3.63) is 29.3 Å². The van der Waals surface area contributed by atoms with Crippen molar-refractivity contribution in [2.75, 3.05) is 0 Å². The number of carbonyl (C=O) groups excluding carboxylic acids is 1. The Balaban J connectivity index is 3.38. The predicted molar refractivity (Wildman–Crippen MR) is 65.7 cm³/mol. The average Bonchev–Trinajstić information content (AvgIpc) is 2.25. The highest BCUT2D eigenvalue weighted by molar-refractivity contribution is 9.09.